The average Bonchev–Trinajstić information content (AvgIpc) is 2.39. The average molecular weight is 240 g/mol. The number of rotatable bonds is 4. The molecule has 94 valence electrons. The van der Waals surface area contributed by atoms with Gasteiger partial charge in [-0.25, -0.2) is 0 Å². The zero-order valence-corrected chi connectivity index (χ0v) is 11.1. The Morgan fingerprint density at radius 3 is 2.56 bits per heavy atom. The predicted molar refractivity (Wildman–Crippen MR) is 75.7 cm³/mol. The Morgan fingerprint density at radius 1 is 1.06 bits per heavy atom. The molecule has 1 unspecified atom stereocenters. The van der Waals surface area contributed by atoms with E-state index in [-0.39, 0.29) is 0 Å². The van der Waals surface area contributed by atoms with Crippen molar-refractivity contribution in [2.75, 3.05) is 0 Å². The lowest BCUT2D eigenvalue weighted by Gasteiger charge is -2.15. The molecule has 0 aromatic heterocycles. The molecule has 1 atom stereocenters. The predicted octanol–water partition coefficient (Wildman–Crippen LogP) is 4.03. The molecule has 0 radical (unpaired) electrons. The third kappa shape index (κ3) is 2.80. The number of aliphatic hydroxyl groups excluding tert-OH is 1. The Labute approximate surface area is 109 Å². The zero-order valence-electron chi connectivity index (χ0n) is 11.1. The summed E-state index contributed by atoms with van der Waals surface area (Å²) in [6.07, 6.45) is 1.67. The van der Waals surface area contributed by atoms with Gasteiger partial charge in [0, 0.05) is 0 Å². The fraction of sp³-hybridized carbons (Fsp3) is 0.294. The van der Waals surface area contributed by atoms with Gasteiger partial charge in [0.1, 0.15) is 6.10 Å². The van der Waals surface area contributed by atoms with Crippen LogP contribution in [0.15, 0.2) is 48.5 Å². The first-order valence-electron chi connectivity index (χ1n) is 6.54. The van der Waals surface area contributed by atoms with Gasteiger partial charge in [-0.15, -0.1) is 0 Å². The van der Waals surface area contributed by atoms with E-state index in [4.69, 9.17) is 0 Å². The fourth-order valence-corrected chi connectivity index (χ4v) is 2.28. The van der Waals surface area contributed by atoms with E-state index in [1.165, 1.54) is 5.56 Å². The first kappa shape index (κ1) is 12.8. The highest BCUT2D eigenvalue weighted by atomic mass is 16.3. The largest absolute Gasteiger partial charge is 0.384 e. The summed E-state index contributed by atoms with van der Waals surface area (Å²) in [5.41, 5.74) is 4.40. The summed E-state index contributed by atoms with van der Waals surface area (Å²) in [7, 11) is 0. The van der Waals surface area contributed by atoms with Crippen molar-refractivity contribution in [1.82, 2.24) is 0 Å². The summed E-state index contributed by atoms with van der Waals surface area (Å²) in [4.78, 5) is 0. The van der Waals surface area contributed by atoms with Crippen LogP contribution in [0.25, 0.3) is 0 Å². The summed E-state index contributed by atoms with van der Waals surface area (Å²) in [6.45, 7) is 4.21. The standard InChI is InChI=1S/C17H20O/c1-3-7-14-9-6-10-15(12-14)17(18)16-11-5-4-8-13(16)2/h4-6,8-12,17-18H,3,7H2,1-2H3. The molecular formula is C17H20O. The normalized spacial score (nSPS) is 12.4. The third-order valence-corrected chi connectivity index (χ3v) is 3.29. The van der Waals surface area contributed by atoms with Gasteiger partial charge in [-0.1, -0.05) is 61.9 Å². The molecule has 1 nitrogen and oxygen atoms in total. The van der Waals surface area contributed by atoms with Crippen molar-refractivity contribution in [3.05, 3.63) is 70.8 Å². The van der Waals surface area contributed by atoms with Crippen molar-refractivity contribution in [3.63, 3.8) is 0 Å². The highest BCUT2D eigenvalue weighted by molar-refractivity contribution is 5.36. The molecule has 0 amide bonds. The van der Waals surface area contributed by atoms with E-state index < -0.39 is 6.10 Å². The van der Waals surface area contributed by atoms with Crippen LogP contribution in [0.2, 0.25) is 0 Å². The van der Waals surface area contributed by atoms with E-state index in [0.717, 1.165) is 29.5 Å². The van der Waals surface area contributed by atoms with Gasteiger partial charge in [-0.3, -0.25) is 0 Å². The summed E-state index contributed by atoms with van der Waals surface area (Å²) in [5.74, 6) is 0. The lowest BCUT2D eigenvalue weighted by Crippen LogP contribution is -2.02. The zero-order chi connectivity index (χ0) is 13.0. The van der Waals surface area contributed by atoms with Crippen LogP contribution < -0.4 is 0 Å². The van der Waals surface area contributed by atoms with Crippen molar-refractivity contribution in [3.8, 4) is 0 Å². The van der Waals surface area contributed by atoms with Crippen LogP contribution >= 0.6 is 0 Å². The van der Waals surface area contributed by atoms with E-state index in [2.05, 4.69) is 19.1 Å². The molecule has 2 aromatic carbocycles. The number of hydrogen-bond acceptors (Lipinski definition) is 1. The minimum atomic E-state index is -0.525. The van der Waals surface area contributed by atoms with Crippen LogP contribution in [-0.2, 0) is 6.42 Å². The van der Waals surface area contributed by atoms with Crippen LogP contribution in [0.4, 0.5) is 0 Å². The Morgan fingerprint density at radius 2 is 1.83 bits per heavy atom. The lowest BCUT2D eigenvalue weighted by molar-refractivity contribution is 0.219. The first-order chi connectivity index (χ1) is 8.72. The minimum Gasteiger partial charge on any atom is -0.384 e. The second-order valence-electron chi connectivity index (χ2n) is 4.75. The van der Waals surface area contributed by atoms with Gasteiger partial charge < -0.3 is 5.11 Å². The van der Waals surface area contributed by atoms with Crippen molar-refractivity contribution in [2.24, 2.45) is 0 Å². The minimum absolute atomic E-state index is 0.525. The van der Waals surface area contributed by atoms with E-state index in [0.29, 0.717) is 0 Å². The number of aliphatic hydroxyl groups is 1. The van der Waals surface area contributed by atoms with E-state index in [1.54, 1.807) is 0 Å². The Kier molecular flexibility index (Phi) is 4.16. The first-order valence-corrected chi connectivity index (χ1v) is 6.54. The summed E-state index contributed by atoms with van der Waals surface area (Å²) in [5, 5.41) is 10.5. The number of aryl methyl sites for hydroxylation is 2. The maximum atomic E-state index is 10.5. The molecule has 0 fully saturated rings. The SMILES string of the molecule is CCCc1cccc(C(O)c2ccccc2C)c1. The van der Waals surface area contributed by atoms with E-state index in [9.17, 15) is 5.11 Å². The van der Waals surface area contributed by atoms with Gasteiger partial charge in [0.15, 0.2) is 0 Å². The smallest absolute Gasteiger partial charge is 0.104 e. The second kappa shape index (κ2) is 5.83. The molecule has 0 spiro atoms. The molecule has 2 aromatic rings. The number of benzene rings is 2. The maximum absolute atomic E-state index is 10.5. The summed E-state index contributed by atoms with van der Waals surface area (Å²) >= 11 is 0. The Bertz CT molecular complexity index is 517. The molecule has 1 heteroatoms. The molecule has 0 aliphatic heterocycles. The van der Waals surface area contributed by atoms with Gasteiger partial charge >= 0.3 is 0 Å². The topological polar surface area (TPSA) is 20.2 Å². The quantitative estimate of drug-likeness (QED) is 0.855. The van der Waals surface area contributed by atoms with Crippen molar-refractivity contribution < 1.29 is 5.11 Å². The molecule has 0 heterocycles. The van der Waals surface area contributed by atoms with Crippen LogP contribution in [0.5, 0.6) is 0 Å². The highest BCUT2D eigenvalue weighted by Crippen LogP contribution is 2.25. The summed E-state index contributed by atoms with van der Waals surface area (Å²) < 4.78 is 0. The molecule has 18 heavy (non-hydrogen) atoms. The van der Waals surface area contributed by atoms with Crippen LogP contribution in [0, 0.1) is 6.92 Å². The molecule has 0 aliphatic carbocycles. The van der Waals surface area contributed by atoms with Gasteiger partial charge in [-0.05, 0) is 35.6 Å². The number of hydrogen-bond donors (Lipinski definition) is 1. The Balaban J connectivity index is 2.31. The molecule has 1 N–H and O–H groups in total. The van der Waals surface area contributed by atoms with E-state index >= 15 is 0 Å². The third-order valence-electron chi connectivity index (χ3n) is 3.29. The lowest BCUT2D eigenvalue weighted by atomic mass is 9.96. The van der Waals surface area contributed by atoms with Crippen molar-refractivity contribution in [1.29, 1.82) is 0 Å². The molecule has 0 saturated carbocycles. The second-order valence-corrected chi connectivity index (χ2v) is 4.75. The van der Waals surface area contributed by atoms with Gasteiger partial charge in [0.25, 0.3) is 0 Å². The van der Waals surface area contributed by atoms with Crippen molar-refractivity contribution >= 4 is 0 Å². The molecular weight excluding hydrogens is 220 g/mol. The maximum Gasteiger partial charge on any atom is 0.104 e. The van der Waals surface area contributed by atoms with Crippen molar-refractivity contribution in [2.45, 2.75) is 32.8 Å². The van der Waals surface area contributed by atoms with Crippen LogP contribution in [0.3, 0.4) is 0 Å². The van der Waals surface area contributed by atoms with Crippen LogP contribution in [0.1, 0.15) is 41.7 Å². The molecule has 0 saturated heterocycles. The van der Waals surface area contributed by atoms with E-state index in [1.807, 2.05) is 43.3 Å². The Hall–Kier alpha value is -1.60. The monoisotopic (exact) mass is 240 g/mol. The van der Waals surface area contributed by atoms with Gasteiger partial charge in [0.05, 0.1) is 0 Å². The fourth-order valence-electron chi connectivity index (χ4n) is 2.28. The van der Waals surface area contributed by atoms with Gasteiger partial charge in [-0.2, -0.15) is 0 Å². The molecule has 0 bridgehead atoms. The molecule has 2 rings (SSSR count). The van der Waals surface area contributed by atoms with Crippen LogP contribution in [-0.4, -0.2) is 5.11 Å². The summed E-state index contributed by atoms with van der Waals surface area (Å²) in [6, 6.07) is 16.3. The molecule has 0 aliphatic rings. The van der Waals surface area contributed by atoms with Gasteiger partial charge in [0.2, 0.25) is 0 Å². The highest BCUT2D eigenvalue weighted by Gasteiger charge is 2.12.